The largest absolute Gasteiger partial charge is 0.409 e. The molecule has 3 aromatic rings. The van der Waals surface area contributed by atoms with Crippen LogP contribution >= 0.6 is 12.2 Å². The highest BCUT2D eigenvalue weighted by atomic mass is 32.1. The molecular weight excluding hydrogens is 250 g/mol. The molecule has 0 fully saturated rings. The fraction of sp³-hybridized carbons (Fsp3) is 0.0833. The normalized spacial score (nSPS) is 10.9. The Bertz CT molecular complexity index is 844. The molecule has 0 amide bonds. The van der Waals surface area contributed by atoms with Crippen LogP contribution in [0.2, 0.25) is 0 Å². The molecule has 18 heavy (non-hydrogen) atoms. The summed E-state index contributed by atoms with van der Waals surface area (Å²) in [4.78, 5) is 15.5. The first-order valence-corrected chi connectivity index (χ1v) is 5.74. The van der Waals surface area contributed by atoms with Gasteiger partial charge in [0.2, 0.25) is 5.43 Å². The minimum atomic E-state index is -0.127. The lowest BCUT2D eigenvalue weighted by atomic mass is 10.1. The SMILES string of the molecule is Cc1ccc2[nH]cc(-c3n[nH]c(=S)o3)c(=O)c2c1. The summed E-state index contributed by atoms with van der Waals surface area (Å²) < 4.78 is 5.16. The minimum Gasteiger partial charge on any atom is -0.409 e. The van der Waals surface area contributed by atoms with Crippen LogP contribution in [0.1, 0.15) is 5.56 Å². The number of aromatic amines is 2. The molecule has 6 heteroatoms. The number of aryl methyl sites for hydroxylation is 1. The van der Waals surface area contributed by atoms with Gasteiger partial charge in [-0.05, 0) is 31.3 Å². The molecule has 90 valence electrons. The Morgan fingerprint density at radius 3 is 2.94 bits per heavy atom. The molecule has 2 heterocycles. The fourth-order valence-corrected chi connectivity index (χ4v) is 1.96. The number of fused-ring (bicyclic) bond motifs is 1. The van der Waals surface area contributed by atoms with Gasteiger partial charge in [-0.3, -0.25) is 4.79 Å². The van der Waals surface area contributed by atoms with E-state index < -0.39 is 0 Å². The molecule has 0 saturated heterocycles. The Hall–Kier alpha value is -2.21. The van der Waals surface area contributed by atoms with Crippen LogP contribution in [-0.4, -0.2) is 15.2 Å². The Balaban J connectivity index is 2.35. The standard InChI is InChI=1S/C12H9N3O2S/c1-6-2-3-9-7(4-6)10(16)8(5-13-9)11-14-15-12(18)17-11/h2-5H,1H3,(H,13,16)(H,15,18). The Morgan fingerprint density at radius 2 is 2.22 bits per heavy atom. The molecule has 5 nitrogen and oxygen atoms in total. The minimum absolute atomic E-state index is 0.127. The quantitative estimate of drug-likeness (QED) is 0.658. The molecule has 0 aliphatic heterocycles. The van der Waals surface area contributed by atoms with E-state index in [0.29, 0.717) is 10.9 Å². The Kier molecular flexibility index (Phi) is 2.38. The number of H-pyrrole nitrogens is 2. The van der Waals surface area contributed by atoms with E-state index in [1.54, 1.807) is 6.20 Å². The second-order valence-electron chi connectivity index (χ2n) is 4.00. The molecule has 1 aromatic carbocycles. The maximum Gasteiger partial charge on any atom is 0.284 e. The number of pyridine rings is 1. The highest BCUT2D eigenvalue weighted by Gasteiger charge is 2.11. The zero-order chi connectivity index (χ0) is 12.7. The zero-order valence-electron chi connectivity index (χ0n) is 9.48. The molecule has 3 rings (SSSR count). The number of nitrogens with one attached hydrogen (secondary N) is 2. The number of hydrogen-bond donors (Lipinski definition) is 2. The lowest BCUT2D eigenvalue weighted by molar-refractivity contribution is 0.551. The van der Waals surface area contributed by atoms with Gasteiger partial charge in [0.25, 0.3) is 10.7 Å². The maximum atomic E-state index is 12.3. The van der Waals surface area contributed by atoms with Crippen molar-refractivity contribution >= 4 is 23.1 Å². The van der Waals surface area contributed by atoms with E-state index in [0.717, 1.165) is 11.1 Å². The van der Waals surface area contributed by atoms with Crippen LogP contribution in [-0.2, 0) is 0 Å². The van der Waals surface area contributed by atoms with Gasteiger partial charge in [-0.2, -0.15) is 0 Å². The van der Waals surface area contributed by atoms with Crippen LogP contribution in [0.3, 0.4) is 0 Å². The molecule has 0 bridgehead atoms. The molecule has 2 aromatic heterocycles. The summed E-state index contributed by atoms with van der Waals surface area (Å²) in [6.45, 7) is 1.94. The van der Waals surface area contributed by atoms with Crippen LogP contribution in [0.25, 0.3) is 22.4 Å². The summed E-state index contributed by atoms with van der Waals surface area (Å²) >= 11 is 4.80. The number of nitrogens with zero attached hydrogens (tertiary/aromatic N) is 1. The van der Waals surface area contributed by atoms with Gasteiger partial charge in [0.1, 0.15) is 5.56 Å². The monoisotopic (exact) mass is 259 g/mol. The van der Waals surface area contributed by atoms with E-state index in [2.05, 4.69) is 15.2 Å². The van der Waals surface area contributed by atoms with Crippen molar-refractivity contribution in [2.24, 2.45) is 0 Å². The van der Waals surface area contributed by atoms with Gasteiger partial charge in [-0.15, -0.1) is 5.10 Å². The van der Waals surface area contributed by atoms with E-state index >= 15 is 0 Å². The molecule has 0 aliphatic carbocycles. The van der Waals surface area contributed by atoms with Crippen molar-refractivity contribution < 1.29 is 4.42 Å². The highest BCUT2D eigenvalue weighted by Crippen LogP contribution is 2.16. The summed E-state index contributed by atoms with van der Waals surface area (Å²) in [7, 11) is 0. The van der Waals surface area contributed by atoms with Crippen molar-refractivity contribution in [2.75, 3.05) is 0 Å². The number of rotatable bonds is 1. The van der Waals surface area contributed by atoms with Crippen LogP contribution in [0.4, 0.5) is 0 Å². The maximum absolute atomic E-state index is 12.3. The number of hydrogen-bond acceptors (Lipinski definition) is 4. The van der Waals surface area contributed by atoms with E-state index in [1.165, 1.54) is 0 Å². The first-order chi connectivity index (χ1) is 8.65. The van der Waals surface area contributed by atoms with Crippen molar-refractivity contribution in [3.8, 4) is 11.5 Å². The first-order valence-electron chi connectivity index (χ1n) is 5.33. The molecule has 0 aliphatic rings. The van der Waals surface area contributed by atoms with Crippen LogP contribution in [0.15, 0.2) is 33.6 Å². The van der Waals surface area contributed by atoms with E-state index in [9.17, 15) is 4.79 Å². The van der Waals surface area contributed by atoms with Gasteiger partial charge in [0, 0.05) is 17.1 Å². The van der Waals surface area contributed by atoms with Gasteiger partial charge in [-0.25, -0.2) is 5.10 Å². The second-order valence-corrected chi connectivity index (χ2v) is 4.37. The average molecular weight is 259 g/mol. The van der Waals surface area contributed by atoms with Crippen LogP contribution < -0.4 is 5.43 Å². The summed E-state index contributed by atoms with van der Waals surface area (Å²) in [5, 5.41) is 6.97. The second kappa shape index (κ2) is 3.92. The predicted octanol–water partition coefficient (Wildman–Crippen LogP) is 2.55. The van der Waals surface area contributed by atoms with Crippen molar-refractivity contribution in [1.82, 2.24) is 15.2 Å². The van der Waals surface area contributed by atoms with Crippen LogP contribution in [0.5, 0.6) is 0 Å². The van der Waals surface area contributed by atoms with Gasteiger partial charge < -0.3 is 9.40 Å². The van der Waals surface area contributed by atoms with Crippen molar-refractivity contribution in [3.05, 3.63) is 45.0 Å². The van der Waals surface area contributed by atoms with Crippen molar-refractivity contribution in [3.63, 3.8) is 0 Å². The lowest BCUT2D eigenvalue weighted by Gasteiger charge is -2.01. The average Bonchev–Trinajstić information content (AvgIpc) is 2.77. The predicted molar refractivity (Wildman–Crippen MR) is 70.0 cm³/mol. The topological polar surface area (TPSA) is 74.7 Å². The molecule has 0 radical (unpaired) electrons. The molecule has 0 spiro atoms. The third-order valence-corrected chi connectivity index (χ3v) is 2.88. The summed E-state index contributed by atoms with van der Waals surface area (Å²) in [5.41, 5.74) is 2.04. The lowest BCUT2D eigenvalue weighted by Crippen LogP contribution is -2.06. The van der Waals surface area contributed by atoms with E-state index in [-0.39, 0.29) is 16.2 Å². The van der Waals surface area contributed by atoms with E-state index in [1.807, 2.05) is 25.1 Å². The first kappa shape index (κ1) is 10.9. The van der Waals surface area contributed by atoms with Crippen molar-refractivity contribution in [1.29, 1.82) is 0 Å². The number of aromatic nitrogens is 3. The van der Waals surface area contributed by atoms with Gasteiger partial charge in [0.05, 0.1) is 0 Å². The molecule has 0 saturated carbocycles. The summed E-state index contributed by atoms with van der Waals surface area (Å²) in [6, 6.07) is 5.65. The van der Waals surface area contributed by atoms with Crippen LogP contribution in [0, 0.1) is 11.8 Å². The molecule has 2 N–H and O–H groups in total. The number of benzene rings is 1. The van der Waals surface area contributed by atoms with E-state index in [4.69, 9.17) is 16.6 Å². The molecule has 0 atom stereocenters. The fourth-order valence-electron chi connectivity index (χ4n) is 1.84. The smallest absolute Gasteiger partial charge is 0.284 e. The van der Waals surface area contributed by atoms with Crippen molar-refractivity contribution in [2.45, 2.75) is 6.92 Å². The third-order valence-electron chi connectivity index (χ3n) is 2.70. The summed E-state index contributed by atoms with van der Waals surface area (Å²) in [5.74, 6) is 0.199. The Morgan fingerprint density at radius 1 is 1.39 bits per heavy atom. The van der Waals surface area contributed by atoms with Gasteiger partial charge in [-0.1, -0.05) is 11.6 Å². The highest BCUT2D eigenvalue weighted by molar-refractivity contribution is 7.71. The molecule has 0 unspecified atom stereocenters. The van der Waals surface area contributed by atoms with Gasteiger partial charge >= 0.3 is 0 Å². The zero-order valence-corrected chi connectivity index (χ0v) is 10.3. The third kappa shape index (κ3) is 1.67. The molecular formula is C12H9N3O2S. The van der Waals surface area contributed by atoms with Gasteiger partial charge in [0.15, 0.2) is 0 Å². The Labute approximate surface area is 106 Å². The summed E-state index contributed by atoms with van der Waals surface area (Å²) in [6.07, 6.45) is 1.58.